The summed E-state index contributed by atoms with van der Waals surface area (Å²) in [5.41, 5.74) is 9.69. The third-order valence-corrected chi connectivity index (χ3v) is 6.64. The van der Waals surface area contributed by atoms with Crippen molar-refractivity contribution in [3.05, 3.63) is 60.2 Å². The Labute approximate surface area is 190 Å². The Morgan fingerprint density at radius 1 is 1.06 bits per heavy atom. The molecule has 0 bridgehead atoms. The first kappa shape index (κ1) is 22.5. The van der Waals surface area contributed by atoms with Crippen LogP contribution in [0.4, 0.5) is 0 Å². The van der Waals surface area contributed by atoms with Gasteiger partial charge in [0.15, 0.2) is 0 Å². The third kappa shape index (κ3) is 5.03. The zero-order valence-electron chi connectivity index (χ0n) is 19.1. The number of hydrogen-bond donors (Lipinski definition) is 2. The van der Waals surface area contributed by atoms with Gasteiger partial charge < -0.3 is 9.80 Å². The molecule has 0 spiro atoms. The lowest BCUT2D eigenvalue weighted by atomic mass is 9.94. The van der Waals surface area contributed by atoms with Crippen molar-refractivity contribution in [2.75, 3.05) is 32.7 Å². The summed E-state index contributed by atoms with van der Waals surface area (Å²) in [4.78, 5) is 30.6. The van der Waals surface area contributed by atoms with Crippen molar-refractivity contribution >= 4 is 11.8 Å². The summed E-state index contributed by atoms with van der Waals surface area (Å²) in [6, 6.07) is 18.8. The fourth-order valence-corrected chi connectivity index (χ4v) is 4.83. The molecule has 3 unspecified atom stereocenters. The van der Waals surface area contributed by atoms with Crippen LogP contribution in [0.2, 0.25) is 0 Å². The average molecular weight is 435 g/mol. The van der Waals surface area contributed by atoms with Crippen LogP contribution in [0.3, 0.4) is 0 Å². The number of amides is 2. The van der Waals surface area contributed by atoms with E-state index in [1.54, 1.807) is 0 Å². The first-order chi connectivity index (χ1) is 15.6. The van der Waals surface area contributed by atoms with E-state index < -0.39 is 0 Å². The molecule has 0 radical (unpaired) electrons. The molecule has 2 saturated heterocycles. The molecule has 0 aromatic heterocycles. The first-order valence-corrected chi connectivity index (χ1v) is 11.8. The van der Waals surface area contributed by atoms with Gasteiger partial charge in [-0.15, -0.1) is 0 Å². The minimum Gasteiger partial charge on any atom is -0.341 e. The van der Waals surface area contributed by atoms with Gasteiger partial charge in [-0.3, -0.25) is 20.4 Å². The average Bonchev–Trinajstić information content (AvgIpc) is 3.19. The highest BCUT2D eigenvalue weighted by Crippen LogP contribution is 2.24. The van der Waals surface area contributed by atoms with E-state index in [0.29, 0.717) is 32.6 Å². The van der Waals surface area contributed by atoms with Crippen molar-refractivity contribution in [1.29, 1.82) is 0 Å². The largest absolute Gasteiger partial charge is 0.341 e. The van der Waals surface area contributed by atoms with E-state index in [1.807, 2.05) is 34.9 Å². The van der Waals surface area contributed by atoms with Crippen molar-refractivity contribution in [1.82, 2.24) is 20.7 Å². The quantitative estimate of drug-likeness (QED) is 0.734. The summed E-state index contributed by atoms with van der Waals surface area (Å²) in [7, 11) is 0. The number of benzene rings is 2. The zero-order valence-corrected chi connectivity index (χ0v) is 19.1. The van der Waals surface area contributed by atoms with Crippen molar-refractivity contribution < 1.29 is 9.59 Å². The normalized spacial score (nSPS) is 23.9. The Morgan fingerprint density at radius 2 is 1.84 bits per heavy atom. The fourth-order valence-electron chi connectivity index (χ4n) is 4.83. The number of hydrogen-bond acceptors (Lipinski definition) is 4. The molecule has 2 amide bonds. The number of carbonyl (C=O) groups is 2. The van der Waals surface area contributed by atoms with Crippen LogP contribution in [-0.2, 0) is 16.0 Å². The highest BCUT2D eigenvalue weighted by atomic mass is 16.2. The molecule has 0 saturated carbocycles. The second-order valence-corrected chi connectivity index (χ2v) is 9.00. The molecule has 2 heterocycles. The third-order valence-electron chi connectivity index (χ3n) is 6.64. The molecule has 2 aliphatic heterocycles. The molecule has 2 aromatic carbocycles. The summed E-state index contributed by atoms with van der Waals surface area (Å²) in [5.74, 6) is -0.00583. The summed E-state index contributed by atoms with van der Waals surface area (Å²) in [6.45, 7) is 7.20. The van der Waals surface area contributed by atoms with E-state index in [9.17, 15) is 9.59 Å². The number of rotatable bonds is 6. The smallest absolute Gasteiger partial charge is 0.228 e. The van der Waals surface area contributed by atoms with Crippen molar-refractivity contribution in [3.8, 4) is 11.1 Å². The monoisotopic (exact) mass is 434 g/mol. The van der Waals surface area contributed by atoms with Gasteiger partial charge in [-0.1, -0.05) is 61.5 Å². The molecule has 6 nitrogen and oxygen atoms in total. The molecule has 3 atom stereocenters. The van der Waals surface area contributed by atoms with E-state index in [2.05, 4.69) is 54.2 Å². The Kier molecular flexibility index (Phi) is 7.22. The van der Waals surface area contributed by atoms with Gasteiger partial charge in [0.05, 0.1) is 11.8 Å². The zero-order chi connectivity index (χ0) is 22.5. The highest BCUT2D eigenvalue weighted by Gasteiger charge is 2.37. The summed E-state index contributed by atoms with van der Waals surface area (Å²) >= 11 is 0. The maximum Gasteiger partial charge on any atom is 0.228 e. The van der Waals surface area contributed by atoms with Crippen LogP contribution in [-0.4, -0.2) is 60.4 Å². The van der Waals surface area contributed by atoms with Gasteiger partial charge in [0, 0.05) is 38.8 Å². The van der Waals surface area contributed by atoms with Gasteiger partial charge in [-0.05, 0) is 36.5 Å². The van der Waals surface area contributed by atoms with Crippen LogP contribution in [0, 0.1) is 11.8 Å². The maximum atomic E-state index is 13.4. The van der Waals surface area contributed by atoms with Crippen LogP contribution in [0.15, 0.2) is 54.6 Å². The Morgan fingerprint density at radius 3 is 2.56 bits per heavy atom. The lowest BCUT2D eigenvalue weighted by Gasteiger charge is -2.27. The summed E-state index contributed by atoms with van der Waals surface area (Å²) < 4.78 is 0. The highest BCUT2D eigenvalue weighted by molar-refractivity contribution is 5.84. The van der Waals surface area contributed by atoms with Gasteiger partial charge in [0.2, 0.25) is 11.8 Å². The molecule has 170 valence electrons. The van der Waals surface area contributed by atoms with Crippen molar-refractivity contribution in [2.45, 2.75) is 32.7 Å². The van der Waals surface area contributed by atoms with E-state index in [4.69, 9.17) is 0 Å². The van der Waals surface area contributed by atoms with Crippen LogP contribution in [0.25, 0.3) is 11.1 Å². The fraction of sp³-hybridized carbons (Fsp3) is 0.462. The second kappa shape index (κ2) is 10.3. The lowest BCUT2D eigenvalue weighted by molar-refractivity contribution is -0.136. The van der Waals surface area contributed by atoms with Gasteiger partial charge in [-0.25, -0.2) is 0 Å². The minimum atomic E-state index is -0.225. The molecule has 4 rings (SSSR count). The summed E-state index contributed by atoms with van der Waals surface area (Å²) in [5, 5.41) is 0. The first-order valence-electron chi connectivity index (χ1n) is 11.8. The SMILES string of the molecule is CCCN1CCN(C(=O)C2CNNC2C)CC(Cc2cccc(-c3ccccc3)c2)C1=O. The Hall–Kier alpha value is -2.70. The van der Waals surface area contributed by atoms with Crippen LogP contribution >= 0.6 is 0 Å². The summed E-state index contributed by atoms with van der Waals surface area (Å²) in [6.07, 6.45) is 1.56. The molecule has 2 fully saturated rings. The number of nitrogens with one attached hydrogen (secondary N) is 2. The van der Waals surface area contributed by atoms with Crippen molar-refractivity contribution in [3.63, 3.8) is 0 Å². The molecule has 2 aliphatic rings. The van der Waals surface area contributed by atoms with Crippen LogP contribution < -0.4 is 10.9 Å². The molecule has 32 heavy (non-hydrogen) atoms. The van der Waals surface area contributed by atoms with E-state index in [0.717, 1.165) is 24.1 Å². The van der Waals surface area contributed by atoms with Crippen LogP contribution in [0.1, 0.15) is 25.8 Å². The number of hydrazine groups is 1. The van der Waals surface area contributed by atoms with E-state index in [-0.39, 0.29) is 29.7 Å². The van der Waals surface area contributed by atoms with Gasteiger partial charge in [0.25, 0.3) is 0 Å². The van der Waals surface area contributed by atoms with Gasteiger partial charge >= 0.3 is 0 Å². The van der Waals surface area contributed by atoms with E-state index >= 15 is 0 Å². The second-order valence-electron chi connectivity index (χ2n) is 9.00. The number of carbonyl (C=O) groups excluding carboxylic acids is 2. The molecular formula is C26H34N4O2. The predicted molar refractivity (Wildman–Crippen MR) is 127 cm³/mol. The molecule has 2 N–H and O–H groups in total. The standard InChI is InChI=1S/C26H34N4O2/c1-3-12-29-13-14-30(26(32)24-17-27-28-19(24)2)18-23(25(29)31)16-20-8-7-11-22(15-20)21-9-5-4-6-10-21/h4-11,15,19,23-24,27-28H,3,12-14,16-18H2,1-2H3. The lowest BCUT2D eigenvalue weighted by Crippen LogP contribution is -2.44. The minimum absolute atomic E-state index is 0.0919. The molecule has 2 aromatic rings. The predicted octanol–water partition coefficient (Wildman–Crippen LogP) is 2.71. The Balaban J connectivity index is 1.55. The molecule has 6 heteroatoms. The Bertz CT molecular complexity index is 932. The topological polar surface area (TPSA) is 64.7 Å². The molecular weight excluding hydrogens is 400 g/mol. The van der Waals surface area contributed by atoms with Gasteiger partial charge in [-0.2, -0.15) is 0 Å². The van der Waals surface area contributed by atoms with Crippen molar-refractivity contribution in [2.24, 2.45) is 11.8 Å². The van der Waals surface area contributed by atoms with E-state index in [1.165, 1.54) is 5.56 Å². The van der Waals surface area contributed by atoms with Crippen LogP contribution in [0.5, 0.6) is 0 Å². The number of nitrogens with zero attached hydrogens (tertiary/aromatic N) is 2. The maximum absolute atomic E-state index is 13.4. The van der Waals surface area contributed by atoms with Gasteiger partial charge in [0.1, 0.15) is 0 Å². The molecule has 0 aliphatic carbocycles.